The number of nitrogens with zero attached hydrogens (tertiary/aromatic N) is 2. The standard InChI is InChI=1S/C19H32N4O/c1-15(2)23-10-6-8-17(14-23)13-22-19(20-3)21-12-16-7-5-9-18(11-16)24-4/h5,7,9,11,15,17H,6,8,10,12-14H2,1-4H3,(H2,20,21,22). The molecule has 1 fully saturated rings. The number of piperidine rings is 1. The minimum atomic E-state index is 0.637. The second-order valence-electron chi connectivity index (χ2n) is 6.76. The van der Waals surface area contributed by atoms with E-state index in [-0.39, 0.29) is 0 Å². The van der Waals surface area contributed by atoms with Gasteiger partial charge >= 0.3 is 0 Å². The van der Waals surface area contributed by atoms with Gasteiger partial charge in [0.1, 0.15) is 5.75 Å². The molecule has 0 aromatic heterocycles. The third-order valence-corrected chi connectivity index (χ3v) is 4.66. The maximum atomic E-state index is 5.27. The number of hydrogen-bond acceptors (Lipinski definition) is 3. The highest BCUT2D eigenvalue weighted by Crippen LogP contribution is 2.17. The summed E-state index contributed by atoms with van der Waals surface area (Å²) in [5, 5.41) is 6.86. The quantitative estimate of drug-likeness (QED) is 0.621. The summed E-state index contributed by atoms with van der Waals surface area (Å²) in [6.07, 6.45) is 2.59. The molecule has 0 aliphatic carbocycles. The summed E-state index contributed by atoms with van der Waals surface area (Å²) >= 11 is 0. The van der Waals surface area contributed by atoms with E-state index in [1.165, 1.54) is 31.5 Å². The van der Waals surface area contributed by atoms with Crippen molar-refractivity contribution in [2.75, 3.05) is 33.8 Å². The summed E-state index contributed by atoms with van der Waals surface area (Å²) in [7, 11) is 3.51. The second-order valence-corrected chi connectivity index (χ2v) is 6.76. The molecule has 5 heteroatoms. The van der Waals surface area contributed by atoms with Crippen LogP contribution in [-0.2, 0) is 6.54 Å². The lowest BCUT2D eigenvalue weighted by atomic mass is 9.97. The van der Waals surface area contributed by atoms with Gasteiger partial charge in [0.2, 0.25) is 0 Å². The molecule has 1 atom stereocenters. The van der Waals surface area contributed by atoms with E-state index in [2.05, 4.69) is 40.4 Å². The topological polar surface area (TPSA) is 48.9 Å². The Morgan fingerprint density at radius 3 is 2.92 bits per heavy atom. The fourth-order valence-electron chi connectivity index (χ4n) is 3.16. The van der Waals surface area contributed by atoms with Crippen molar-refractivity contribution in [3.05, 3.63) is 29.8 Å². The van der Waals surface area contributed by atoms with Crippen molar-refractivity contribution in [2.24, 2.45) is 10.9 Å². The molecule has 24 heavy (non-hydrogen) atoms. The Labute approximate surface area is 146 Å². The van der Waals surface area contributed by atoms with E-state index in [9.17, 15) is 0 Å². The van der Waals surface area contributed by atoms with E-state index in [1.807, 2.05) is 25.2 Å². The average molecular weight is 332 g/mol. The SMILES string of the molecule is CN=C(NCc1cccc(OC)c1)NCC1CCCN(C(C)C)C1. The lowest BCUT2D eigenvalue weighted by Gasteiger charge is -2.35. The van der Waals surface area contributed by atoms with Crippen molar-refractivity contribution < 1.29 is 4.74 Å². The number of guanidine groups is 1. The summed E-state index contributed by atoms with van der Waals surface area (Å²) in [6, 6.07) is 8.74. The summed E-state index contributed by atoms with van der Waals surface area (Å²) in [4.78, 5) is 6.91. The Bertz CT molecular complexity index is 530. The predicted molar refractivity (Wildman–Crippen MR) is 101 cm³/mol. The fraction of sp³-hybridized carbons (Fsp3) is 0.632. The molecule has 1 aliphatic rings. The predicted octanol–water partition coefficient (Wildman–Crippen LogP) is 2.48. The summed E-state index contributed by atoms with van der Waals surface area (Å²) in [5.41, 5.74) is 1.18. The van der Waals surface area contributed by atoms with E-state index in [1.54, 1.807) is 7.11 Å². The van der Waals surface area contributed by atoms with Crippen LogP contribution in [0.5, 0.6) is 5.75 Å². The highest BCUT2D eigenvalue weighted by atomic mass is 16.5. The van der Waals surface area contributed by atoms with Gasteiger partial charge in [-0.15, -0.1) is 0 Å². The van der Waals surface area contributed by atoms with Gasteiger partial charge in [-0.1, -0.05) is 12.1 Å². The number of hydrogen-bond donors (Lipinski definition) is 2. The largest absolute Gasteiger partial charge is 0.497 e. The van der Waals surface area contributed by atoms with E-state index in [0.29, 0.717) is 12.0 Å². The van der Waals surface area contributed by atoms with Crippen LogP contribution in [0.2, 0.25) is 0 Å². The van der Waals surface area contributed by atoms with E-state index >= 15 is 0 Å². The molecule has 5 nitrogen and oxygen atoms in total. The van der Waals surface area contributed by atoms with Gasteiger partial charge in [0.05, 0.1) is 7.11 Å². The number of methoxy groups -OCH3 is 1. The van der Waals surface area contributed by atoms with E-state index in [4.69, 9.17) is 4.74 Å². The van der Waals surface area contributed by atoms with Crippen LogP contribution < -0.4 is 15.4 Å². The molecule has 0 saturated carbocycles. The third kappa shape index (κ3) is 5.71. The molecule has 0 amide bonds. The fourth-order valence-corrected chi connectivity index (χ4v) is 3.16. The van der Waals surface area contributed by atoms with Crippen LogP contribution in [0.25, 0.3) is 0 Å². The third-order valence-electron chi connectivity index (χ3n) is 4.66. The monoisotopic (exact) mass is 332 g/mol. The molecule has 2 rings (SSSR count). The van der Waals surface area contributed by atoms with Crippen LogP contribution in [0.4, 0.5) is 0 Å². The van der Waals surface area contributed by atoms with Gasteiger partial charge < -0.3 is 20.3 Å². The lowest BCUT2D eigenvalue weighted by Crippen LogP contribution is -2.45. The van der Waals surface area contributed by atoms with Gasteiger partial charge in [0.15, 0.2) is 5.96 Å². The first-order chi connectivity index (χ1) is 11.6. The smallest absolute Gasteiger partial charge is 0.191 e. The molecule has 1 unspecified atom stereocenters. The zero-order valence-corrected chi connectivity index (χ0v) is 15.5. The molecule has 1 aromatic rings. The highest BCUT2D eigenvalue weighted by molar-refractivity contribution is 5.79. The van der Waals surface area contributed by atoms with Crippen molar-refractivity contribution in [3.8, 4) is 5.75 Å². The molecule has 1 aromatic carbocycles. The Hall–Kier alpha value is -1.75. The highest BCUT2D eigenvalue weighted by Gasteiger charge is 2.21. The van der Waals surface area contributed by atoms with Gasteiger partial charge in [-0.05, 0) is 56.8 Å². The van der Waals surface area contributed by atoms with Crippen LogP contribution in [0, 0.1) is 5.92 Å². The number of likely N-dealkylation sites (tertiary alicyclic amines) is 1. The van der Waals surface area contributed by atoms with E-state index in [0.717, 1.165) is 24.8 Å². The molecule has 0 spiro atoms. The van der Waals surface area contributed by atoms with Gasteiger partial charge in [-0.3, -0.25) is 4.99 Å². The van der Waals surface area contributed by atoms with Crippen LogP contribution in [-0.4, -0.2) is 50.7 Å². The normalized spacial score (nSPS) is 19.4. The van der Waals surface area contributed by atoms with Crippen molar-refractivity contribution in [1.29, 1.82) is 0 Å². The molecule has 1 aliphatic heterocycles. The van der Waals surface area contributed by atoms with Gasteiger partial charge in [-0.25, -0.2) is 0 Å². The van der Waals surface area contributed by atoms with Crippen molar-refractivity contribution >= 4 is 5.96 Å². The molecule has 0 radical (unpaired) electrons. The van der Waals surface area contributed by atoms with Gasteiger partial charge in [0.25, 0.3) is 0 Å². The Kier molecular flexibility index (Phi) is 7.37. The van der Waals surface area contributed by atoms with E-state index < -0.39 is 0 Å². The molecule has 1 saturated heterocycles. The minimum absolute atomic E-state index is 0.637. The molecular weight excluding hydrogens is 300 g/mol. The first kappa shape index (κ1) is 18.6. The maximum Gasteiger partial charge on any atom is 0.191 e. The van der Waals surface area contributed by atoms with Gasteiger partial charge in [0, 0.05) is 32.7 Å². The summed E-state index contributed by atoms with van der Waals surface area (Å²) < 4.78 is 5.27. The second kappa shape index (κ2) is 9.52. The van der Waals surface area contributed by atoms with Crippen LogP contribution in [0.15, 0.2) is 29.3 Å². The van der Waals surface area contributed by atoms with Crippen molar-refractivity contribution in [2.45, 2.75) is 39.3 Å². The Morgan fingerprint density at radius 1 is 1.38 bits per heavy atom. The molecule has 2 N–H and O–H groups in total. The maximum absolute atomic E-state index is 5.27. The number of benzene rings is 1. The summed E-state index contributed by atoms with van der Waals surface area (Å²) in [6.45, 7) is 8.68. The molecular formula is C19H32N4O. The lowest BCUT2D eigenvalue weighted by molar-refractivity contribution is 0.141. The number of rotatable bonds is 6. The Morgan fingerprint density at radius 2 is 2.21 bits per heavy atom. The molecule has 0 bridgehead atoms. The first-order valence-corrected chi connectivity index (χ1v) is 8.94. The number of ether oxygens (including phenoxy) is 1. The van der Waals surface area contributed by atoms with Crippen LogP contribution in [0.1, 0.15) is 32.3 Å². The van der Waals surface area contributed by atoms with Crippen molar-refractivity contribution in [3.63, 3.8) is 0 Å². The minimum Gasteiger partial charge on any atom is -0.497 e. The van der Waals surface area contributed by atoms with Crippen LogP contribution in [0.3, 0.4) is 0 Å². The number of nitrogens with one attached hydrogen (secondary N) is 2. The van der Waals surface area contributed by atoms with Crippen molar-refractivity contribution in [1.82, 2.24) is 15.5 Å². The van der Waals surface area contributed by atoms with Crippen LogP contribution >= 0.6 is 0 Å². The zero-order valence-electron chi connectivity index (χ0n) is 15.5. The molecule has 134 valence electrons. The zero-order chi connectivity index (χ0) is 17.4. The Balaban J connectivity index is 1.78. The first-order valence-electron chi connectivity index (χ1n) is 8.94. The van der Waals surface area contributed by atoms with Gasteiger partial charge in [-0.2, -0.15) is 0 Å². The number of aliphatic imine (C=N–C) groups is 1. The average Bonchev–Trinajstić information content (AvgIpc) is 2.62. The summed E-state index contributed by atoms with van der Waals surface area (Å²) in [5.74, 6) is 2.43. The molecule has 1 heterocycles.